The van der Waals surface area contributed by atoms with Gasteiger partial charge in [0, 0.05) is 6.54 Å². The molecule has 3 amide bonds. The summed E-state index contributed by atoms with van der Waals surface area (Å²) in [5, 5.41) is 4.56. The molecule has 0 radical (unpaired) electrons. The SMILES string of the molecule is C=CCNC(=O)NC(=O)COC(=O)C12CC3CC(CC(C3)C1)C2. The number of rotatable bonds is 5. The number of hydrogen-bond acceptors (Lipinski definition) is 4. The molecule has 23 heavy (non-hydrogen) atoms. The molecule has 0 aromatic carbocycles. The van der Waals surface area contributed by atoms with Crippen molar-refractivity contribution in [2.75, 3.05) is 13.2 Å². The summed E-state index contributed by atoms with van der Waals surface area (Å²) >= 11 is 0. The molecular formula is C17H24N2O4. The number of carbonyl (C=O) groups excluding carboxylic acids is 3. The third-order valence-corrected chi connectivity index (χ3v) is 5.47. The lowest BCUT2D eigenvalue weighted by atomic mass is 9.49. The van der Waals surface area contributed by atoms with Crippen molar-refractivity contribution in [2.45, 2.75) is 38.5 Å². The second kappa shape index (κ2) is 6.34. The van der Waals surface area contributed by atoms with Crippen LogP contribution in [-0.2, 0) is 14.3 Å². The minimum Gasteiger partial charge on any atom is -0.455 e. The predicted octanol–water partition coefficient (Wildman–Crippen LogP) is 1.76. The molecule has 0 saturated heterocycles. The Balaban J connectivity index is 1.49. The largest absolute Gasteiger partial charge is 0.455 e. The molecule has 0 heterocycles. The minimum absolute atomic E-state index is 0.252. The van der Waals surface area contributed by atoms with Gasteiger partial charge in [-0.3, -0.25) is 14.9 Å². The zero-order valence-electron chi connectivity index (χ0n) is 13.3. The van der Waals surface area contributed by atoms with E-state index in [4.69, 9.17) is 4.74 Å². The number of carbonyl (C=O) groups is 3. The minimum atomic E-state index is -0.610. The Hall–Kier alpha value is -1.85. The van der Waals surface area contributed by atoms with Gasteiger partial charge in [-0.25, -0.2) is 4.79 Å². The van der Waals surface area contributed by atoms with Crippen molar-refractivity contribution >= 4 is 17.9 Å². The average Bonchev–Trinajstić information content (AvgIpc) is 2.49. The van der Waals surface area contributed by atoms with Crippen LogP contribution < -0.4 is 10.6 Å². The maximum Gasteiger partial charge on any atom is 0.321 e. The van der Waals surface area contributed by atoms with Crippen molar-refractivity contribution in [3.05, 3.63) is 12.7 Å². The third kappa shape index (κ3) is 3.41. The Morgan fingerprint density at radius 2 is 1.65 bits per heavy atom. The van der Waals surface area contributed by atoms with Gasteiger partial charge in [-0.1, -0.05) is 6.08 Å². The highest BCUT2D eigenvalue weighted by Crippen LogP contribution is 2.60. The van der Waals surface area contributed by atoms with Crippen LogP contribution in [0.5, 0.6) is 0 Å². The van der Waals surface area contributed by atoms with Crippen LogP contribution >= 0.6 is 0 Å². The number of ether oxygens (including phenoxy) is 1. The smallest absolute Gasteiger partial charge is 0.321 e. The Labute approximate surface area is 136 Å². The van der Waals surface area contributed by atoms with E-state index in [1.807, 2.05) is 0 Å². The van der Waals surface area contributed by atoms with Gasteiger partial charge in [0.15, 0.2) is 6.61 Å². The quantitative estimate of drug-likeness (QED) is 0.597. The lowest BCUT2D eigenvalue weighted by molar-refractivity contribution is -0.173. The summed E-state index contributed by atoms with van der Waals surface area (Å²) in [5.74, 6) is 1.08. The highest BCUT2D eigenvalue weighted by molar-refractivity contribution is 5.95. The lowest BCUT2D eigenvalue weighted by Gasteiger charge is -2.55. The first kappa shape index (κ1) is 16.0. The molecule has 0 aromatic rings. The molecule has 4 saturated carbocycles. The number of urea groups is 1. The van der Waals surface area contributed by atoms with E-state index in [0.717, 1.165) is 19.3 Å². The summed E-state index contributed by atoms with van der Waals surface area (Å²) in [4.78, 5) is 35.6. The van der Waals surface area contributed by atoms with Crippen molar-refractivity contribution < 1.29 is 19.1 Å². The normalized spacial score (nSPS) is 33.8. The first-order valence-corrected chi connectivity index (χ1v) is 8.36. The van der Waals surface area contributed by atoms with Gasteiger partial charge in [-0.2, -0.15) is 0 Å². The van der Waals surface area contributed by atoms with Crippen LogP contribution in [0.15, 0.2) is 12.7 Å². The molecule has 0 spiro atoms. The fraction of sp³-hybridized carbons (Fsp3) is 0.706. The summed E-state index contributed by atoms with van der Waals surface area (Å²) in [6.07, 6.45) is 7.96. The Morgan fingerprint density at radius 3 is 2.17 bits per heavy atom. The molecule has 0 aromatic heterocycles. The molecule has 0 atom stereocenters. The van der Waals surface area contributed by atoms with E-state index in [2.05, 4.69) is 17.2 Å². The molecule has 4 aliphatic carbocycles. The monoisotopic (exact) mass is 320 g/mol. The fourth-order valence-electron chi connectivity index (χ4n) is 5.02. The van der Waals surface area contributed by atoms with Gasteiger partial charge in [0.05, 0.1) is 5.41 Å². The molecule has 2 N–H and O–H groups in total. The maximum atomic E-state index is 12.5. The summed E-state index contributed by atoms with van der Waals surface area (Å²) < 4.78 is 5.24. The molecular weight excluding hydrogens is 296 g/mol. The zero-order valence-corrected chi connectivity index (χ0v) is 13.3. The van der Waals surface area contributed by atoms with E-state index in [1.54, 1.807) is 0 Å². The van der Waals surface area contributed by atoms with Crippen LogP contribution in [0.4, 0.5) is 4.79 Å². The van der Waals surface area contributed by atoms with Gasteiger partial charge in [-0.15, -0.1) is 6.58 Å². The maximum absolute atomic E-state index is 12.5. The molecule has 126 valence electrons. The average molecular weight is 320 g/mol. The summed E-state index contributed by atoms with van der Waals surface area (Å²) in [6.45, 7) is 3.33. The number of imide groups is 1. The van der Waals surface area contributed by atoms with E-state index >= 15 is 0 Å². The van der Waals surface area contributed by atoms with Crippen molar-refractivity contribution in [1.82, 2.24) is 10.6 Å². The number of amides is 3. The fourth-order valence-corrected chi connectivity index (χ4v) is 5.02. The number of esters is 1. The summed E-state index contributed by atoms with van der Waals surface area (Å²) in [5.41, 5.74) is -0.375. The van der Waals surface area contributed by atoms with Gasteiger partial charge in [0.2, 0.25) is 0 Å². The number of nitrogens with one attached hydrogen (secondary N) is 2. The molecule has 4 fully saturated rings. The topological polar surface area (TPSA) is 84.5 Å². The molecule has 4 aliphatic rings. The van der Waals surface area contributed by atoms with E-state index in [1.165, 1.54) is 25.3 Å². The first-order chi connectivity index (χ1) is 11.0. The van der Waals surface area contributed by atoms with Crippen molar-refractivity contribution in [3.63, 3.8) is 0 Å². The zero-order chi connectivity index (χ0) is 16.4. The van der Waals surface area contributed by atoms with Gasteiger partial charge in [0.25, 0.3) is 5.91 Å². The Morgan fingerprint density at radius 1 is 1.09 bits per heavy atom. The van der Waals surface area contributed by atoms with E-state index in [-0.39, 0.29) is 17.9 Å². The third-order valence-electron chi connectivity index (χ3n) is 5.47. The van der Waals surface area contributed by atoms with E-state index < -0.39 is 18.5 Å². The van der Waals surface area contributed by atoms with Crippen LogP contribution in [-0.4, -0.2) is 31.1 Å². The first-order valence-electron chi connectivity index (χ1n) is 8.36. The van der Waals surface area contributed by atoms with Crippen molar-refractivity contribution in [3.8, 4) is 0 Å². The van der Waals surface area contributed by atoms with Gasteiger partial charge in [-0.05, 0) is 56.3 Å². The predicted molar refractivity (Wildman–Crippen MR) is 83.3 cm³/mol. The Bertz CT molecular complexity index is 493. The van der Waals surface area contributed by atoms with Crippen LogP contribution in [0.3, 0.4) is 0 Å². The van der Waals surface area contributed by atoms with E-state index in [0.29, 0.717) is 17.8 Å². The molecule has 0 unspecified atom stereocenters. The van der Waals surface area contributed by atoms with Crippen molar-refractivity contribution in [1.29, 1.82) is 0 Å². The molecule has 6 heteroatoms. The molecule has 0 aliphatic heterocycles. The van der Waals surface area contributed by atoms with Crippen molar-refractivity contribution in [2.24, 2.45) is 23.2 Å². The Kier molecular flexibility index (Phi) is 4.41. The van der Waals surface area contributed by atoms with Crippen LogP contribution in [0.2, 0.25) is 0 Å². The van der Waals surface area contributed by atoms with Crippen LogP contribution in [0, 0.1) is 23.2 Å². The molecule has 6 nitrogen and oxygen atoms in total. The second-order valence-electron chi connectivity index (χ2n) is 7.32. The lowest BCUT2D eigenvalue weighted by Crippen LogP contribution is -2.51. The van der Waals surface area contributed by atoms with Gasteiger partial charge < -0.3 is 10.1 Å². The summed E-state index contributed by atoms with van der Waals surface area (Å²) in [7, 11) is 0. The number of hydrogen-bond donors (Lipinski definition) is 2. The second-order valence-corrected chi connectivity index (χ2v) is 7.32. The molecule has 4 bridgehead atoms. The highest BCUT2D eigenvalue weighted by atomic mass is 16.5. The van der Waals surface area contributed by atoms with Crippen LogP contribution in [0.1, 0.15) is 38.5 Å². The van der Waals surface area contributed by atoms with E-state index in [9.17, 15) is 14.4 Å². The van der Waals surface area contributed by atoms with Gasteiger partial charge >= 0.3 is 12.0 Å². The standard InChI is InChI=1S/C17H24N2O4/c1-2-3-18-16(22)19-14(20)10-23-15(21)17-7-11-4-12(8-17)6-13(5-11)9-17/h2,11-13H,1,3-10H2,(H2,18,19,20,22). The van der Waals surface area contributed by atoms with Crippen LogP contribution in [0.25, 0.3) is 0 Å². The van der Waals surface area contributed by atoms with Gasteiger partial charge in [0.1, 0.15) is 0 Å². The molecule has 4 rings (SSSR count). The summed E-state index contributed by atoms with van der Waals surface area (Å²) in [6, 6.07) is -0.610. The highest BCUT2D eigenvalue weighted by Gasteiger charge is 2.55.